The molecule has 1 heterocycles. The van der Waals surface area contributed by atoms with Gasteiger partial charge in [-0.2, -0.15) is 5.10 Å². The van der Waals surface area contributed by atoms with E-state index in [1.54, 1.807) is 13.3 Å². The highest BCUT2D eigenvalue weighted by Gasteiger charge is 2.03. The summed E-state index contributed by atoms with van der Waals surface area (Å²) in [7, 11) is 1.63. The lowest BCUT2D eigenvalue weighted by molar-refractivity contribution is -0.120. The van der Waals surface area contributed by atoms with E-state index in [4.69, 9.17) is 4.74 Å². The fraction of sp³-hybridized carbons (Fsp3) is 0.375. The molecule has 1 amide bonds. The molecule has 6 nitrogen and oxygen atoms in total. The molecule has 0 atom stereocenters. The SMILES string of the molecule is COCCNCC(=O)NCc1cnn(Cc2ccccc2)c1.Cl. The predicted octanol–water partition coefficient (Wildman–Crippen LogP) is 1.21. The molecule has 7 heteroatoms. The molecule has 0 unspecified atom stereocenters. The molecule has 23 heavy (non-hydrogen) atoms. The number of rotatable bonds is 9. The number of amides is 1. The van der Waals surface area contributed by atoms with Crippen LogP contribution in [0.4, 0.5) is 0 Å². The molecule has 0 aliphatic carbocycles. The van der Waals surface area contributed by atoms with Gasteiger partial charge < -0.3 is 15.4 Å². The van der Waals surface area contributed by atoms with E-state index in [0.717, 1.165) is 12.1 Å². The van der Waals surface area contributed by atoms with Crippen LogP contribution < -0.4 is 10.6 Å². The zero-order valence-corrected chi connectivity index (χ0v) is 14.0. The topological polar surface area (TPSA) is 68.2 Å². The minimum Gasteiger partial charge on any atom is -0.383 e. The predicted molar refractivity (Wildman–Crippen MR) is 91.6 cm³/mol. The lowest BCUT2D eigenvalue weighted by Gasteiger charge is -2.05. The van der Waals surface area contributed by atoms with Crippen molar-refractivity contribution in [1.82, 2.24) is 20.4 Å². The maximum absolute atomic E-state index is 11.6. The van der Waals surface area contributed by atoms with Crippen LogP contribution in [0.5, 0.6) is 0 Å². The molecule has 0 fully saturated rings. The summed E-state index contributed by atoms with van der Waals surface area (Å²) in [6, 6.07) is 10.1. The van der Waals surface area contributed by atoms with Crippen molar-refractivity contribution in [2.24, 2.45) is 0 Å². The molecule has 1 aromatic carbocycles. The third-order valence-corrected chi connectivity index (χ3v) is 3.13. The molecule has 0 aliphatic rings. The monoisotopic (exact) mass is 338 g/mol. The van der Waals surface area contributed by atoms with Crippen molar-refractivity contribution in [2.45, 2.75) is 13.1 Å². The molecule has 126 valence electrons. The Morgan fingerprint density at radius 1 is 1.26 bits per heavy atom. The largest absolute Gasteiger partial charge is 0.383 e. The number of aromatic nitrogens is 2. The van der Waals surface area contributed by atoms with Crippen molar-refractivity contribution in [3.8, 4) is 0 Å². The molecular formula is C16H23ClN4O2. The van der Waals surface area contributed by atoms with Crippen LogP contribution in [0.25, 0.3) is 0 Å². The number of nitrogens with zero attached hydrogens (tertiary/aromatic N) is 2. The summed E-state index contributed by atoms with van der Waals surface area (Å²) < 4.78 is 6.77. The van der Waals surface area contributed by atoms with Gasteiger partial charge in [0.15, 0.2) is 0 Å². The summed E-state index contributed by atoms with van der Waals surface area (Å²) in [5, 5.41) is 10.2. The lowest BCUT2D eigenvalue weighted by atomic mass is 10.2. The summed E-state index contributed by atoms with van der Waals surface area (Å²) in [4.78, 5) is 11.6. The number of hydrogen-bond donors (Lipinski definition) is 2. The molecule has 0 saturated carbocycles. The van der Waals surface area contributed by atoms with Gasteiger partial charge in [0.05, 0.1) is 25.9 Å². The Bertz CT molecular complexity index is 574. The Balaban J connectivity index is 0.00000264. The number of ether oxygens (including phenoxy) is 1. The number of hydrogen-bond acceptors (Lipinski definition) is 4. The molecule has 2 aromatic rings. The molecule has 0 aliphatic heterocycles. The van der Waals surface area contributed by atoms with Gasteiger partial charge in [0.2, 0.25) is 5.91 Å². The fourth-order valence-electron chi connectivity index (χ4n) is 1.99. The molecule has 2 N–H and O–H groups in total. The highest BCUT2D eigenvalue weighted by atomic mass is 35.5. The number of nitrogens with one attached hydrogen (secondary N) is 2. The van der Waals surface area contributed by atoms with E-state index in [-0.39, 0.29) is 18.3 Å². The average Bonchev–Trinajstić information content (AvgIpc) is 2.98. The van der Waals surface area contributed by atoms with E-state index < -0.39 is 0 Å². The van der Waals surface area contributed by atoms with Gasteiger partial charge in [-0.3, -0.25) is 9.48 Å². The van der Waals surface area contributed by atoms with Crippen molar-refractivity contribution in [2.75, 3.05) is 26.8 Å². The summed E-state index contributed by atoms with van der Waals surface area (Å²) >= 11 is 0. The summed E-state index contributed by atoms with van der Waals surface area (Å²) in [5.74, 6) is -0.0353. The number of carbonyl (C=O) groups is 1. The maximum Gasteiger partial charge on any atom is 0.234 e. The second kappa shape index (κ2) is 10.8. The van der Waals surface area contributed by atoms with Crippen LogP contribution in [0.1, 0.15) is 11.1 Å². The fourth-order valence-corrected chi connectivity index (χ4v) is 1.99. The van der Waals surface area contributed by atoms with E-state index in [1.807, 2.05) is 29.1 Å². The van der Waals surface area contributed by atoms with Crippen molar-refractivity contribution < 1.29 is 9.53 Å². The Kier molecular flexibility index (Phi) is 8.97. The van der Waals surface area contributed by atoms with Crippen LogP contribution in [-0.2, 0) is 22.6 Å². The van der Waals surface area contributed by atoms with Crippen LogP contribution in [0.2, 0.25) is 0 Å². The highest BCUT2D eigenvalue weighted by Crippen LogP contribution is 2.03. The molecule has 2 rings (SSSR count). The van der Waals surface area contributed by atoms with E-state index in [2.05, 4.69) is 27.9 Å². The second-order valence-corrected chi connectivity index (χ2v) is 4.98. The average molecular weight is 339 g/mol. The van der Waals surface area contributed by atoms with Gasteiger partial charge in [-0.1, -0.05) is 30.3 Å². The third-order valence-electron chi connectivity index (χ3n) is 3.13. The molecule has 1 aromatic heterocycles. The van der Waals surface area contributed by atoms with Crippen molar-refractivity contribution in [3.63, 3.8) is 0 Å². The van der Waals surface area contributed by atoms with Gasteiger partial charge in [0.1, 0.15) is 0 Å². The van der Waals surface area contributed by atoms with Gasteiger partial charge in [-0.25, -0.2) is 0 Å². The van der Waals surface area contributed by atoms with Crippen LogP contribution in [0.15, 0.2) is 42.7 Å². The number of benzene rings is 1. The van der Waals surface area contributed by atoms with Gasteiger partial charge in [-0.15, -0.1) is 12.4 Å². The number of methoxy groups -OCH3 is 1. The summed E-state index contributed by atoms with van der Waals surface area (Å²) in [6.07, 6.45) is 3.73. The first-order valence-corrected chi connectivity index (χ1v) is 7.29. The van der Waals surface area contributed by atoms with E-state index in [9.17, 15) is 4.79 Å². The Labute approximate surface area is 142 Å². The summed E-state index contributed by atoms with van der Waals surface area (Å²) in [6.45, 7) is 2.77. The maximum atomic E-state index is 11.6. The standard InChI is InChI=1S/C16H22N4O2.ClH/c1-22-8-7-17-11-16(21)18-9-15-10-19-20(13-15)12-14-5-3-2-4-6-14;/h2-6,10,13,17H,7-9,11-12H2,1H3,(H,18,21);1H. The molecule has 0 radical (unpaired) electrons. The van der Waals surface area contributed by atoms with Crippen LogP contribution >= 0.6 is 12.4 Å². The lowest BCUT2D eigenvalue weighted by Crippen LogP contribution is -2.34. The molecule has 0 saturated heterocycles. The normalized spacial score (nSPS) is 10.1. The van der Waals surface area contributed by atoms with Crippen LogP contribution in [0, 0.1) is 0 Å². The minimum atomic E-state index is -0.0353. The highest BCUT2D eigenvalue weighted by molar-refractivity contribution is 5.85. The molecule has 0 spiro atoms. The smallest absolute Gasteiger partial charge is 0.234 e. The van der Waals surface area contributed by atoms with E-state index in [1.165, 1.54) is 5.56 Å². The van der Waals surface area contributed by atoms with Gasteiger partial charge >= 0.3 is 0 Å². The summed E-state index contributed by atoms with van der Waals surface area (Å²) in [5.41, 5.74) is 2.18. The minimum absolute atomic E-state index is 0. The van der Waals surface area contributed by atoms with Crippen LogP contribution in [0.3, 0.4) is 0 Å². The van der Waals surface area contributed by atoms with Gasteiger partial charge in [0.25, 0.3) is 0 Å². The second-order valence-electron chi connectivity index (χ2n) is 4.98. The Morgan fingerprint density at radius 2 is 2.04 bits per heavy atom. The first kappa shape index (κ1) is 19.2. The first-order chi connectivity index (χ1) is 10.8. The first-order valence-electron chi connectivity index (χ1n) is 7.29. The third kappa shape index (κ3) is 7.27. The van der Waals surface area contributed by atoms with Crippen molar-refractivity contribution in [3.05, 3.63) is 53.9 Å². The number of carbonyl (C=O) groups excluding carboxylic acids is 1. The Hall–Kier alpha value is -1.89. The van der Waals surface area contributed by atoms with Crippen LogP contribution in [-0.4, -0.2) is 42.5 Å². The zero-order valence-electron chi connectivity index (χ0n) is 13.2. The zero-order chi connectivity index (χ0) is 15.6. The Morgan fingerprint density at radius 3 is 2.78 bits per heavy atom. The van der Waals surface area contributed by atoms with Gasteiger partial charge in [0, 0.05) is 32.0 Å². The number of halogens is 1. The van der Waals surface area contributed by atoms with Gasteiger partial charge in [-0.05, 0) is 5.56 Å². The molecule has 0 bridgehead atoms. The van der Waals surface area contributed by atoms with Crippen molar-refractivity contribution >= 4 is 18.3 Å². The molecular weight excluding hydrogens is 316 g/mol. The van der Waals surface area contributed by atoms with Crippen molar-refractivity contribution in [1.29, 1.82) is 0 Å². The van der Waals surface area contributed by atoms with E-state index >= 15 is 0 Å². The quantitative estimate of drug-likeness (QED) is 0.674. The van der Waals surface area contributed by atoms with E-state index in [0.29, 0.717) is 26.2 Å².